The van der Waals surface area contributed by atoms with Gasteiger partial charge in [0.1, 0.15) is 18.1 Å². The van der Waals surface area contributed by atoms with Crippen molar-refractivity contribution in [1.29, 1.82) is 0 Å². The topological polar surface area (TPSA) is 89.4 Å². The van der Waals surface area contributed by atoms with Gasteiger partial charge >= 0.3 is 0 Å². The van der Waals surface area contributed by atoms with Gasteiger partial charge in [0.05, 0.1) is 11.6 Å². The van der Waals surface area contributed by atoms with E-state index in [1.807, 2.05) is 62.5 Å². The maximum atomic E-state index is 13.7. The molecule has 2 atom stereocenters. The highest BCUT2D eigenvalue weighted by Gasteiger charge is 2.36. The van der Waals surface area contributed by atoms with E-state index < -0.39 is 6.04 Å². The summed E-state index contributed by atoms with van der Waals surface area (Å²) in [5.41, 5.74) is 1.13. The molecule has 1 aliphatic rings. The summed E-state index contributed by atoms with van der Waals surface area (Å²) in [7, 11) is 0. The van der Waals surface area contributed by atoms with Gasteiger partial charge in [-0.3, -0.25) is 9.59 Å². The molecule has 3 heterocycles. The van der Waals surface area contributed by atoms with Gasteiger partial charge in [-0.05, 0) is 56.7 Å². The lowest BCUT2D eigenvalue weighted by molar-refractivity contribution is -0.143. The number of fused-ring (bicyclic) bond motifs is 1. The molecule has 2 aromatic heterocycles. The lowest BCUT2D eigenvalue weighted by Gasteiger charge is -2.35. The molecule has 4 rings (SSSR count). The number of ether oxygens (including phenoxy) is 1. The second-order valence-electron chi connectivity index (χ2n) is 9.06. The number of rotatable bonds is 9. The Labute approximate surface area is 197 Å². The van der Waals surface area contributed by atoms with Crippen LogP contribution in [-0.2, 0) is 20.9 Å². The largest absolute Gasteiger partial charge is 0.376 e. The molecule has 8 nitrogen and oxygen atoms in total. The zero-order valence-corrected chi connectivity index (χ0v) is 20.2. The van der Waals surface area contributed by atoms with E-state index in [4.69, 9.17) is 4.74 Å². The summed E-state index contributed by atoms with van der Waals surface area (Å²) in [6.07, 6.45) is 2.52. The Morgan fingerprint density at radius 1 is 1.30 bits per heavy atom. The van der Waals surface area contributed by atoms with E-state index in [2.05, 4.69) is 15.6 Å². The maximum Gasteiger partial charge on any atom is 0.248 e. The number of nitrogens with zero attached hydrogens (tertiary/aromatic N) is 4. The summed E-state index contributed by atoms with van der Waals surface area (Å²) < 4.78 is 7.45. The Balaban J connectivity index is 1.66. The minimum Gasteiger partial charge on any atom is -0.376 e. The molecule has 3 aromatic rings. The first-order valence-electron chi connectivity index (χ1n) is 11.4. The summed E-state index contributed by atoms with van der Waals surface area (Å²) in [6, 6.07) is 10.6. The maximum absolute atomic E-state index is 13.7. The van der Waals surface area contributed by atoms with Crippen molar-refractivity contribution >= 4 is 34.2 Å². The molecule has 1 aliphatic heterocycles. The van der Waals surface area contributed by atoms with Crippen LogP contribution in [0.15, 0.2) is 41.8 Å². The van der Waals surface area contributed by atoms with Gasteiger partial charge < -0.3 is 15.0 Å². The molecule has 1 aromatic carbocycles. The first-order valence-corrected chi connectivity index (χ1v) is 12.3. The standard InChI is InChI=1S/C24H31N5O3S/c1-4-24(2,3)25-23(31)22(20-12-8-14-33-20)28(15-17-9-7-13-32-17)21(30)16-29-19-11-6-5-10-18(19)26-27-29/h5-6,8,10-12,14,17,22H,4,7,9,13,15-16H2,1-3H3,(H,25,31)/t17-,22-/m1/s1. The van der Waals surface area contributed by atoms with Gasteiger partial charge in [0, 0.05) is 23.6 Å². The Bertz CT molecular complexity index is 1090. The summed E-state index contributed by atoms with van der Waals surface area (Å²) in [5.74, 6) is -0.372. The quantitative estimate of drug-likeness (QED) is 0.518. The summed E-state index contributed by atoms with van der Waals surface area (Å²) in [5, 5.41) is 13.4. The number of hydrogen-bond donors (Lipinski definition) is 1. The number of hydrogen-bond acceptors (Lipinski definition) is 6. The molecule has 9 heteroatoms. The minimum absolute atomic E-state index is 0.000437. The number of benzene rings is 1. The fourth-order valence-electron chi connectivity index (χ4n) is 3.97. The van der Waals surface area contributed by atoms with E-state index in [9.17, 15) is 9.59 Å². The highest BCUT2D eigenvalue weighted by molar-refractivity contribution is 7.10. The molecule has 0 saturated carbocycles. The third kappa shape index (κ3) is 5.42. The number of nitrogens with one attached hydrogen (secondary N) is 1. The van der Waals surface area contributed by atoms with Crippen LogP contribution in [0.25, 0.3) is 11.0 Å². The Morgan fingerprint density at radius 3 is 2.82 bits per heavy atom. The lowest BCUT2D eigenvalue weighted by atomic mass is 10.0. The van der Waals surface area contributed by atoms with E-state index in [-0.39, 0.29) is 30.0 Å². The van der Waals surface area contributed by atoms with Crippen molar-refractivity contribution in [3.8, 4) is 0 Å². The van der Waals surface area contributed by atoms with Crippen LogP contribution in [0.5, 0.6) is 0 Å². The predicted molar refractivity (Wildman–Crippen MR) is 128 cm³/mol. The van der Waals surface area contributed by atoms with Crippen molar-refractivity contribution < 1.29 is 14.3 Å². The van der Waals surface area contributed by atoms with Crippen LogP contribution in [0, 0.1) is 0 Å². The minimum atomic E-state index is -0.734. The molecule has 1 fully saturated rings. The fourth-order valence-corrected chi connectivity index (χ4v) is 4.81. The van der Waals surface area contributed by atoms with Crippen molar-refractivity contribution in [1.82, 2.24) is 25.2 Å². The van der Waals surface area contributed by atoms with Crippen LogP contribution in [0.1, 0.15) is 51.0 Å². The Hall–Kier alpha value is -2.78. The highest BCUT2D eigenvalue weighted by atomic mass is 32.1. The molecule has 1 N–H and O–H groups in total. The monoisotopic (exact) mass is 469 g/mol. The molecule has 176 valence electrons. The molecular formula is C24H31N5O3S. The second kappa shape index (κ2) is 10.0. The van der Waals surface area contributed by atoms with E-state index in [0.717, 1.165) is 35.2 Å². The SMILES string of the molecule is CCC(C)(C)NC(=O)[C@@H](c1cccs1)N(C[C@H]1CCCO1)C(=O)Cn1nnc2ccccc21. The van der Waals surface area contributed by atoms with Gasteiger partial charge in [-0.15, -0.1) is 16.4 Å². The van der Waals surface area contributed by atoms with Crippen LogP contribution >= 0.6 is 11.3 Å². The summed E-state index contributed by atoms with van der Waals surface area (Å²) in [6.45, 7) is 7.05. The zero-order chi connectivity index (χ0) is 23.4. The van der Waals surface area contributed by atoms with Crippen LogP contribution in [0.4, 0.5) is 0 Å². The van der Waals surface area contributed by atoms with Crippen molar-refractivity contribution in [3.63, 3.8) is 0 Å². The van der Waals surface area contributed by atoms with Gasteiger partial charge in [0.2, 0.25) is 11.8 Å². The fraction of sp³-hybridized carbons (Fsp3) is 0.500. The molecule has 0 aliphatic carbocycles. The average Bonchev–Trinajstić information content (AvgIpc) is 3.56. The van der Waals surface area contributed by atoms with Crippen molar-refractivity contribution in [3.05, 3.63) is 46.7 Å². The predicted octanol–water partition coefficient (Wildman–Crippen LogP) is 3.55. The third-order valence-electron chi connectivity index (χ3n) is 6.17. The van der Waals surface area contributed by atoms with Gasteiger partial charge in [0.15, 0.2) is 0 Å². The van der Waals surface area contributed by atoms with Gasteiger partial charge in [-0.1, -0.05) is 30.3 Å². The molecule has 33 heavy (non-hydrogen) atoms. The van der Waals surface area contributed by atoms with Crippen LogP contribution in [0.2, 0.25) is 0 Å². The lowest BCUT2D eigenvalue weighted by Crippen LogP contribution is -2.52. The van der Waals surface area contributed by atoms with Gasteiger partial charge in [-0.2, -0.15) is 0 Å². The normalized spacial score (nSPS) is 17.2. The Morgan fingerprint density at radius 2 is 2.12 bits per heavy atom. The number of para-hydroxylation sites is 1. The van der Waals surface area contributed by atoms with E-state index in [0.29, 0.717) is 13.2 Å². The van der Waals surface area contributed by atoms with Crippen LogP contribution < -0.4 is 5.32 Å². The van der Waals surface area contributed by atoms with Gasteiger partial charge in [0.25, 0.3) is 0 Å². The molecule has 0 spiro atoms. The molecule has 0 unspecified atom stereocenters. The van der Waals surface area contributed by atoms with Gasteiger partial charge in [-0.25, -0.2) is 4.68 Å². The number of carbonyl (C=O) groups excluding carboxylic acids is 2. The van der Waals surface area contributed by atoms with Crippen molar-refractivity contribution in [2.24, 2.45) is 0 Å². The first-order chi connectivity index (χ1) is 15.9. The second-order valence-corrected chi connectivity index (χ2v) is 10.0. The third-order valence-corrected chi connectivity index (χ3v) is 7.09. The first kappa shape index (κ1) is 23.4. The molecule has 1 saturated heterocycles. The van der Waals surface area contributed by atoms with E-state index in [1.165, 1.54) is 11.3 Å². The summed E-state index contributed by atoms with van der Waals surface area (Å²) in [4.78, 5) is 29.8. The molecule has 0 radical (unpaired) electrons. The van der Waals surface area contributed by atoms with Crippen molar-refractivity contribution in [2.75, 3.05) is 13.2 Å². The Kier molecular flexibility index (Phi) is 7.09. The average molecular weight is 470 g/mol. The number of carbonyl (C=O) groups is 2. The molecule has 0 bridgehead atoms. The number of aromatic nitrogens is 3. The molecular weight excluding hydrogens is 438 g/mol. The summed E-state index contributed by atoms with van der Waals surface area (Å²) >= 11 is 1.48. The van der Waals surface area contributed by atoms with Crippen LogP contribution in [-0.4, -0.2) is 56.5 Å². The molecule has 2 amide bonds. The van der Waals surface area contributed by atoms with E-state index >= 15 is 0 Å². The smallest absolute Gasteiger partial charge is 0.248 e. The van der Waals surface area contributed by atoms with Crippen molar-refractivity contribution in [2.45, 2.75) is 64.3 Å². The zero-order valence-electron chi connectivity index (χ0n) is 19.4. The highest BCUT2D eigenvalue weighted by Crippen LogP contribution is 2.29. The number of thiophene rings is 1. The van der Waals surface area contributed by atoms with E-state index in [1.54, 1.807) is 9.58 Å². The van der Waals surface area contributed by atoms with Crippen LogP contribution in [0.3, 0.4) is 0 Å². The number of amides is 2.